The second-order valence-corrected chi connectivity index (χ2v) is 6.34. The van der Waals surface area contributed by atoms with Crippen molar-refractivity contribution in [3.63, 3.8) is 0 Å². The highest BCUT2D eigenvalue weighted by atomic mass is 79.9. The van der Waals surface area contributed by atoms with Gasteiger partial charge < -0.3 is 5.32 Å². The largest absolute Gasteiger partial charge is 0.356 e. The van der Waals surface area contributed by atoms with Crippen LogP contribution in [0.1, 0.15) is 17.0 Å². The van der Waals surface area contributed by atoms with E-state index in [0.29, 0.717) is 18.3 Å². The normalized spacial score (nSPS) is 10.5. The minimum Gasteiger partial charge on any atom is -0.356 e. The van der Waals surface area contributed by atoms with Gasteiger partial charge >= 0.3 is 0 Å². The first-order chi connectivity index (χ1) is 9.69. The number of thiazole rings is 1. The number of amides is 1. The summed E-state index contributed by atoms with van der Waals surface area (Å²) in [6.45, 7) is 2.69. The Labute approximate surface area is 131 Å². The number of carbonyl (C=O) groups is 1. The molecule has 20 heavy (non-hydrogen) atoms. The van der Waals surface area contributed by atoms with E-state index in [2.05, 4.69) is 55.9 Å². The predicted molar refractivity (Wildman–Crippen MR) is 87.4 cm³/mol. The number of aromatic nitrogens is 1. The lowest BCUT2D eigenvalue weighted by molar-refractivity contribution is -0.120. The Hall–Kier alpha value is -1.20. The lowest BCUT2D eigenvalue weighted by Gasteiger charge is -2.05. The highest BCUT2D eigenvalue weighted by Gasteiger charge is 2.03. The average molecular weight is 353 g/mol. The molecule has 1 aromatic heterocycles. The summed E-state index contributed by atoms with van der Waals surface area (Å²) >= 11 is 4.92. The maximum absolute atomic E-state index is 11.3. The second-order valence-electron chi connectivity index (χ2n) is 4.49. The van der Waals surface area contributed by atoms with E-state index >= 15 is 0 Å². The van der Waals surface area contributed by atoms with Gasteiger partial charge in [-0.2, -0.15) is 0 Å². The van der Waals surface area contributed by atoms with Crippen molar-refractivity contribution in [3.05, 3.63) is 40.2 Å². The molecule has 106 valence electrons. The molecule has 1 amide bonds. The molecule has 0 unspecified atom stereocenters. The first kappa shape index (κ1) is 15.2. The molecule has 0 fully saturated rings. The number of benzene rings is 1. The first-order valence-electron chi connectivity index (χ1n) is 6.53. The summed E-state index contributed by atoms with van der Waals surface area (Å²) in [6, 6.07) is 8.37. The van der Waals surface area contributed by atoms with Gasteiger partial charge in [0.05, 0.1) is 10.7 Å². The number of rotatable bonds is 6. The van der Waals surface area contributed by atoms with Crippen LogP contribution in [0.4, 0.5) is 0 Å². The number of hydrogen-bond acceptors (Lipinski definition) is 3. The summed E-state index contributed by atoms with van der Waals surface area (Å²) in [5, 5.41) is 6.77. The molecular formula is C15H17BrN2OS. The molecule has 0 aliphatic carbocycles. The number of nitrogens with one attached hydrogen (secondary N) is 1. The van der Waals surface area contributed by atoms with Gasteiger partial charge in [-0.15, -0.1) is 11.3 Å². The van der Waals surface area contributed by atoms with E-state index in [1.54, 1.807) is 11.3 Å². The molecule has 3 nitrogen and oxygen atoms in total. The van der Waals surface area contributed by atoms with E-state index in [1.807, 2.05) is 6.92 Å². The van der Waals surface area contributed by atoms with Crippen molar-refractivity contribution >= 4 is 33.2 Å². The lowest BCUT2D eigenvalue weighted by atomic mass is 10.1. The minimum atomic E-state index is 0.0939. The van der Waals surface area contributed by atoms with Crippen molar-refractivity contribution in [3.8, 4) is 11.3 Å². The van der Waals surface area contributed by atoms with Crippen LogP contribution in [-0.2, 0) is 11.2 Å². The summed E-state index contributed by atoms with van der Waals surface area (Å²) in [7, 11) is 0. The summed E-state index contributed by atoms with van der Waals surface area (Å²) in [5.41, 5.74) is 3.39. The molecule has 0 aliphatic heterocycles. The number of aryl methyl sites for hydroxylation is 1. The van der Waals surface area contributed by atoms with Crippen molar-refractivity contribution < 1.29 is 4.79 Å². The number of alkyl halides is 1. The van der Waals surface area contributed by atoms with Gasteiger partial charge in [0.15, 0.2) is 0 Å². The molecule has 0 aliphatic rings. The van der Waals surface area contributed by atoms with Gasteiger partial charge in [0.2, 0.25) is 5.91 Å². The predicted octanol–water partition coefficient (Wildman–Crippen LogP) is 3.56. The topological polar surface area (TPSA) is 42.0 Å². The highest BCUT2D eigenvalue weighted by molar-refractivity contribution is 9.09. The molecular weight excluding hydrogens is 336 g/mol. The molecule has 1 aromatic carbocycles. The summed E-state index contributed by atoms with van der Waals surface area (Å²) in [5.74, 6) is 0.0939. The maximum Gasteiger partial charge on any atom is 0.220 e. The maximum atomic E-state index is 11.3. The fraction of sp³-hybridized carbons (Fsp3) is 0.333. The van der Waals surface area contributed by atoms with E-state index in [-0.39, 0.29) is 5.91 Å². The van der Waals surface area contributed by atoms with Gasteiger partial charge in [-0.05, 0) is 18.9 Å². The zero-order chi connectivity index (χ0) is 14.4. The Kier molecular flexibility index (Phi) is 5.73. The van der Waals surface area contributed by atoms with E-state index in [1.165, 1.54) is 5.56 Å². The van der Waals surface area contributed by atoms with Crippen molar-refractivity contribution in [1.29, 1.82) is 0 Å². The third-order valence-corrected chi connectivity index (χ3v) is 4.10. The summed E-state index contributed by atoms with van der Waals surface area (Å²) in [6.07, 6.45) is 1.38. The molecule has 1 N–H and O–H groups in total. The number of hydrogen-bond donors (Lipinski definition) is 1. The zero-order valence-corrected chi connectivity index (χ0v) is 13.8. The van der Waals surface area contributed by atoms with Crippen molar-refractivity contribution in [2.24, 2.45) is 0 Å². The SMILES string of the molecule is Cc1nc(-c2ccc(CCNC(=O)CCBr)cc2)cs1. The molecule has 5 heteroatoms. The fourth-order valence-corrected chi connectivity index (χ4v) is 2.84. The monoisotopic (exact) mass is 352 g/mol. The quantitative estimate of drug-likeness (QED) is 0.807. The van der Waals surface area contributed by atoms with Gasteiger partial charge in [0.25, 0.3) is 0 Å². The first-order valence-corrected chi connectivity index (χ1v) is 8.53. The Morgan fingerprint density at radius 1 is 1.35 bits per heavy atom. The summed E-state index contributed by atoms with van der Waals surface area (Å²) in [4.78, 5) is 15.8. The van der Waals surface area contributed by atoms with E-state index < -0.39 is 0 Å². The van der Waals surface area contributed by atoms with Crippen molar-refractivity contribution in [2.45, 2.75) is 19.8 Å². The molecule has 0 saturated carbocycles. The number of carbonyl (C=O) groups excluding carboxylic acids is 1. The van der Waals surface area contributed by atoms with Crippen LogP contribution >= 0.6 is 27.3 Å². The molecule has 0 saturated heterocycles. The van der Waals surface area contributed by atoms with E-state index in [4.69, 9.17) is 0 Å². The van der Waals surface area contributed by atoms with Crippen LogP contribution in [0.2, 0.25) is 0 Å². The van der Waals surface area contributed by atoms with Crippen molar-refractivity contribution in [2.75, 3.05) is 11.9 Å². The van der Waals surface area contributed by atoms with Crippen LogP contribution in [-0.4, -0.2) is 22.8 Å². The van der Waals surface area contributed by atoms with Gasteiger partial charge in [-0.1, -0.05) is 40.2 Å². The van der Waals surface area contributed by atoms with Crippen LogP contribution in [0.15, 0.2) is 29.6 Å². The Bertz CT molecular complexity index is 566. The minimum absolute atomic E-state index is 0.0939. The Balaban J connectivity index is 1.87. The van der Waals surface area contributed by atoms with Gasteiger partial charge in [0.1, 0.15) is 0 Å². The second kappa shape index (κ2) is 7.55. The Morgan fingerprint density at radius 2 is 2.10 bits per heavy atom. The van der Waals surface area contributed by atoms with E-state index in [9.17, 15) is 4.79 Å². The van der Waals surface area contributed by atoms with Crippen LogP contribution < -0.4 is 5.32 Å². The highest BCUT2D eigenvalue weighted by Crippen LogP contribution is 2.21. The standard InChI is InChI=1S/C15H17BrN2OS/c1-11-18-14(10-20-11)13-4-2-12(3-5-13)7-9-17-15(19)6-8-16/h2-5,10H,6-9H2,1H3,(H,17,19). The molecule has 2 aromatic rings. The van der Waals surface area contributed by atoms with Gasteiger partial charge in [-0.3, -0.25) is 4.79 Å². The zero-order valence-electron chi connectivity index (χ0n) is 11.4. The van der Waals surface area contributed by atoms with Gasteiger partial charge in [-0.25, -0.2) is 4.98 Å². The smallest absolute Gasteiger partial charge is 0.220 e. The molecule has 0 radical (unpaired) electrons. The number of nitrogens with zero attached hydrogens (tertiary/aromatic N) is 1. The third kappa shape index (κ3) is 4.42. The molecule has 0 atom stereocenters. The Morgan fingerprint density at radius 3 is 2.70 bits per heavy atom. The summed E-state index contributed by atoms with van der Waals surface area (Å²) < 4.78 is 0. The van der Waals surface area contributed by atoms with E-state index in [0.717, 1.165) is 22.7 Å². The van der Waals surface area contributed by atoms with Crippen LogP contribution in [0.5, 0.6) is 0 Å². The van der Waals surface area contributed by atoms with Crippen LogP contribution in [0.25, 0.3) is 11.3 Å². The van der Waals surface area contributed by atoms with Crippen LogP contribution in [0, 0.1) is 6.92 Å². The van der Waals surface area contributed by atoms with Gasteiger partial charge in [0, 0.05) is 29.2 Å². The number of halogens is 1. The van der Waals surface area contributed by atoms with Crippen LogP contribution in [0.3, 0.4) is 0 Å². The molecule has 0 bridgehead atoms. The third-order valence-electron chi connectivity index (χ3n) is 2.93. The molecule has 1 heterocycles. The lowest BCUT2D eigenvalue weighted by Crippen LogP contribution is -2.25. The fourth-order valence-electron chi connectivity index (χ4n) is 1.86. The van der Waals surface area contributed by atoms with Crippen molar-refractivity contribution in [1.82, 2.24) is 10.3 Å². The molecule has 2 rings (SSSR count). The average Bonchev–Trinajstić information content (AvgIpc) is 2.86. The molecule has 0 spiro atoms.